The van der Waals surface area contributed by atoms with Crippen LogP contribution in [0.3, 0.4) is 0 Å². The maximum Gasteiger partial charge on any atom is 0.136 e. The van der Waals surface area contributed by atoms with Gasteiger partial charge in [0.15, 0.2) is 0 Å². The molecule has 0 N–H and O–H groups in total. The van der Waals surface area contributed by atoms with E-state index in [1.165, 1.54) is 64.2 Å². The van der Waals surface area contributed by atoms with Gasteiger partial charge >= 0.3 is 0 Å². The van der Waals surface area contributed by atoms with Crippen LogP contribution in [0, 0.1) is 56.7 Å². The molecule has 5 saturated carbocycles. The van der Waals surface area contributed by atoms with Gasteiger partial charge in [0, 0.05) is 12.3 Å². The highest BCUT2D eigenvalue weighted by Gasteiger charge is 2.67. The van der Waals surface area contributed by atoms with E-state index in [0.717, 1.165) is 30.1 Å². The van der Waals surface area contributed by atoms with E-state index in [4.69, 9.17) is 0 Å². The number of hydrogen-bond donors (Lipinski definition) is 0. The van der Waals surface area contributed by atoms with Gasteiger partial charge in [-0.05, 0) is 115 Å². The molecule has 5 fully saturated rings. The summed E-state index contributed by atoms with van der Waals surface area (Å²) in [6.07, 6.45) is 14.8. The fourth-order valence-electron chi connectivity index (χ4n) is 10.8. The van der Waals surface area contributed by atoms with Crippen LogP contribution in [0.5, 0.6) is 0 Å². The molecule has 30 heavy (non-hydrogen) atoms. The second kappa shape index (κ2) is 6.38. The number of fused-ring (bicyclic) bond motifs is 7. The van der Waals surface area contributed by atoms with Gasteiger partial charge in [-0.2, -0.15) is 0 Å². The summed E-state index contributed by atoms with van der Waals surface area (Å²) >= 11 is 0. The van der Waals surface area contributed by atoms with Gasteiger partial charge < -0.3 is 0 Å². The summed E-state index contributed by atoms with van der Waals surface area (Å²) in [7, 11) is 0. The Morgan fingerprint density at radius 3 is 2.03 bits per heavy atom. The highest BCUT2D eigenvalue weighted by atomic mass is 16.1. The quantitative estimate of drug-likeness (QED) is 0.393. The predicted octanol–water partition coefficient (Wildman–Crippen LogP) is 8.07. The molecule has 0 saturated heterocycles. The first-order valence-corrected chi connectivity index (χ1v) is 13.4. The lowest BCUT2D eigenvalue weighted by molar-refractivity contribution is -0.219. The van der Waals surface area contributed by atoms with E-state index in [2.05, 4.69) is 48.5 Å². The number of Topliss-reactive ketones (excluding diaryl/α,β-unsaturated/α-hetero) is 1. The average molecular weight is 413 g/mol. The third kappa shape index (κ3) is 2.68. The third-order valence-electron chi connectivity index (χ3n) is 12.9. The van der Waals surface area contributed by atoms with Crippen molar-refractivity contribution in [3.8, 4) is 0 Å². The Morgan fingerprint density at radius 2 is 1.30 bits per heavy atom. The first kappa shape index (κ1) is 21.5. The van der Waals surface area contributed by atoms with Crippen LogP contribution >= 0.6 is 0 Å². The number of carbonyl (C=O) groups excluding carboxylic acids is 1. The molecule has 0 unspecified atom stereocenters. The van der Waals surface area contributed by atoms with E-state index in [1.807, 2.05) is 0 Å². The molecule has 0 spiro atoms. The van der Waals surface area contributed by atoms with E-state index < -0.39 is 0 Å². The molecule has 9 atom stereocenters. The smallest absolute Gasteiger partial charge is 0.136 e. The summed E-state index contributed by atoms with van der Waals surface area (Å²) in [6, 6.07) is 0. The summed E-state index contributed by atoms with van der Waals surface area (Å²) < 4.78 is 0. The Kier molecular flexibility index (Phi) is 4.57. The van der Waals surface area contributed by atoms with Crippen molar-refractivity contribution in [3.05, 3.63) is 0 Å². The van der Waals surface area contributed by atoms with Crippen molar-refractivity contribution in [3.63, 3.8) is 0 Å². The number of rotatable bonds is 0. The van der Waals surface area contributed by atoms with E-state index in [0.29, 0.717) is 27.4 Å². The van der Waals surface area contributed by atoms with Crippen LogP contribution < -0.4 is 0 Å². The predicted molar refractivity (Wildman–Crippen MR) is 125 cm³/mol. The molecule has 0 heterocycles. The Labute approximate surface area is 186 Å². The second-order valence-electron chi connectivity index (χ2n) is 14.7. The molecular formula is C29H48O. The number of hydrogen-bond acceptors (Lipinski definition) is 1. The van der Waals surface area contributed by atoms with Gasteiger partial charge in [-0.15, -0.1) is 0 Å². The van der Waals surface area contributed by atoms with Gasteiger partial charge in [-0.3, -0.25) is 4.79 Å². The molecule has 170 valence electrons. The van der Waals surface area contributed by atoms with Crippen LogP contribution in [0.4, 0.5) is 0 Å². The van der Waals surface area contributed by atoms with Gasteiger partial charge in [0.25, 0.3) is 0 Å². The average Bonchev–Trinajstić information content (AvgIpc) is 2.66. The Balaban J connectivity index is 1.50. The Morgan fingerprint density at radius 1 is 0.667 bits per heavy atom. The van der Waals surface area contributed by atoms with Gasteiger partial charge in [0.2, 0.25) is 0 Å². The monoisotopic (exact) mass is 412 g/mol. The van der Waals surface area contributed by atoms with Gasteiger partial charge in [0.05, 0.1) is 0 Å². The van der Waals surface area contributed by atoms with Crippen LogP contribution in [-0.2, 0) is 4.79 Å². The second-order valence-corrected chi connectivity index (χ2v) is 14.7. The zero-order valence-electron chi connectivity index (χ0n) is 21.1. The van der Waals surface area contributed by atoms with Crippen molar-refractivity contribution in [2.24, 2.45) is 56.7 Å². The Hall–Kier alpha value is -0.330. The summed E-state index contributed by atoms with van der Waals surface area (Å²) in [5.74, 6) is 4.31. The normalized spacial score (nSPS) is 57.6. The van der Waals surface area contributed by atoms with Crippen molar-refractivity contribution >= 4 is 5.78 Å². The lowest BCUT2D eigenvalue weighted by atomic mass is 9.34. The van der Waals surface area contributed by atoms with Crippen molar-refractivity contribution in [1.29, 1.82) is 0 Å². The van der Waals surface area contributed by atoms with Crippen molar-refractivity contribution in [2.45, 2.75) is 119 Å². The lowest BCUT2D eigenvalue weighted by Gasteiger charge is -2.71. The van der Waals surface area contributed by atoms with Crippen molar-refractivity contribution in [1.82, 2.24) is 0 Å². The molecule has 1 heteroatoms. The molecule has 0 aliphatic heterocycles. The first-order valence-electron chi connectivity index (χ1n) is 13.4. The molecule has 5 aliphatic rings. The molecule has 1 nitrogen and oxygen atoms in total. The summed E-state index contributed by atoms with van der Waals surface area (Å²) in [4.78, 5) is 12.7. The van der Waals surface area contributed by atoms with Gasteiger partial charge in [-0.1, -0.05) is 48.5 Å². The van der Waals surface area contributed by atoms with E-state index in [9.17, 15) is 4.79 Å². The summed E-state index contributed by atoms with van der Waals surface area (Å²) in [5.41, 5.74) is 2.36. The molecule has 0 amide bonds. The van der Waals surface area contributed by atoms with Gasteiger partial charge in [0.1, 0.15) is 5.78 Å². The summed E-state index contributed by atoms with van der Waals surface area (Å²) in [6.45, 7) is 17.9. The van der Waals surface area contributed by atoms with Gasteiger partial charge in [-0.25, -0.2) is 0 Å². The SMILES string of the molecule is C[C@H]1C(=O)CC[C@H]2[C@]3(C)CC[C@H]4[C@@H]5CC(C)(C)CC[C@]5(C)CC[C@]4(C)[C@H]3CC[C@@]21C. The standard InChI is InChI=1S/C29H48O/c1-19-22(30)8-9-23-27(19,5)13-11-24-28(6)17-16-26(4)15-14-25(2,3)18-21(26)20(28)10-12-29(23,24)7/h19-21,23-24H,8-18H2,1-7H3/t19-,20-,21-,23+,24+,26+,27+,28-,29-/m0/s1. The third-order valence-corrected chi connectivity index (χ3v) is 12.9. The Bertz CT molecular complexity index is 737. The highest BCUT2D eigenvalue weighted by Crippen LogP contribution is 2.74. The topological polar surface area (TPSA) is 17.1 Å². The highest BCUT2D eigenvalue weighted by molar-refractivity contribution is 5.82. The minimum atomic E-state index is 0.250. The van der Waals surface area contributed by atoms with Crippen molar-refractivity contribution < 1.29 is 4.79 Å². The van der Waals surface area contributed by atoms with E-state index in [-0.39, 0.29) is 11.3 Å². The zero-order valence-corrected chi connectivity index (χ0v) is 21.1. The molecule has 0 aromatic rings. The largest absolute Gasteiger partial charge is 0.299 e. The zero-order chi connectivity index (χ0) is 21.7. The molecule has 0 aromatic heterocycles. The van der Waals surface area contributed by atoms with E-state index >= 15 is 0 Å². The van der Waals surface area contributed by atoms with Crippen LogP contribution in [0.25, 0.3) is 0 Å². The van der Waals surface area contributed by atoms with Crippen LogP contribution in [0.2, 0.25) is 0 Å². The maximum atomic E-state index is 12.7. The molecule has 0 radical (unpaired) electrons. The number of carbonyl (C=O) groups is 1. The maximum absolute atomic E-state index is 12.7. The summed E-state index contributed by atoms with van der Waals surface area (Å²) in [5, 5.41) is 0. The fraction of sp³-hybridized carbons (Fsp3) is 0.966. The van der Waals surface area contributed by atoms with Crippen LogP contribution in [0.15, 0.2) is 0 Å². The molecule has 5 aliphatic carbocycles. The fourth-order valence-corrected chi connectivity index (χ4v) is 10.8. The lowest BCUT2D eigenvalue weighted by Crippen LogP contribution is -2.64. The van der Waals surface area contributed by atoms with Crippen LogP contribution in [-0.4, -0.2) is 5.78 Å². The minimum Gasteiger partial charge on any atom is -0.299 e. The number of ketones is 1. The van der Waals surface area contributed by atoms with Crippen molar-refractivity contribution in [2.75, 3.05) is 0 Å². The van der Waals surface area contributed by atoms with Crippen LogP contribution in [0.1, 0.15) is 119 Å². The molecule has 0 aromatic carbocycles. The molecular weight excluding hydrogens is 364 g/mol. The van der Waals surface area contributed by atoms with E-state index in [1.54, 1.807) is 0 Å². The molecule has 0 bridgehead atoms. The first-order chi connectivity index (χ1) is 13.9. The minimum absolute atomic E-state index is 0.250. The molecule has 5 rings (SSSR count).